The van der Waals surface area contributed by atoms with Crippen LogP contribution in [0.15, 0.2) is 24.4 Å². The number of aryl methyl sites for hydroxylation is 1. The molecule has 0 aliphatic carbocycles. The molecule has 0 bridgehead atoms. The monoisotopic (exact) mass is 236 g/mol. The highest BCUT2D eigenvalue weighted by Gasteiger charge is 2.16. The van der Waals surface area contributed by atoms with E-state index in [2.05, 4.69) is 0 Å². The lowest BCUT2D eigenvalue weighted by Crippen LogP contribution is -2.32. The lowest BCUT2D eigenvalue weighted by atomic mass is 10.1. The highest BCUT2D eigenvalue weighted by molar-refractivity contribution is 5.85. The van der Waals surface area contributed by atoms with Crippen LogP contribution in [0, 0.1) is 5.82 Å². The molecule has 0 saturated carbocycles. The van der Waals surface area contributed by atoms with E-state index in [0.29, 0.717) is 5.39 Å². The van der Waals surface area contributed by atoms with Crippen LogP contribution < -0.4 is 5.73 Å². The molecule has 0 amide bonds. The number of carboxylic acid groups (broad SMARTS) is 1. The van der Waals surface area contributed by atoms with Gasteiger partial charge in [-0.15, -0.1) is 0 Å². The van der Waals surface area contributed by atoms with Gasteiger partial charge in [-0.25, -0.2) is 4.39 Å². The van der Waals surface area contributed by atoms with Crippen molar-refractivity contribution < 1.29 is 14.3 Å². The minimum Gasteiger partial charge on any atom is -0.480 e. The number of fused-ring (bicyclic) bond motifs is 1. The second-order valence-corrected chi connectivity index (χ2v) is 4.08. The Labute approximate surface area is 97.5 Å². The third-order valence-electron chi connectivity index (χ3n) is 2.79. The molecule has 1 aromatic heterocycles. The van der Waals surface area contributed by atoms with E-state index in [1.807, 2.05) is 11.6 Å². The van der Waals surface area contributed by atoms with Gasteiger partial charge in [0.15, 0.2) is 0 Å². The van der Waals surface area contributed by atoms with E-state index in [-0.39, 0.29) is 12.2 Å². The maximum atomic E-state index is 13.2. The predicted molar refractivity (Wildman–Crippen MR) is 62.2 cm³/mol. The maximum absolute atomic E-state index is 13.2. The molecular weight excluding hydrogens is 223 g/mol. The summed E-state index contributed by atoms with van der Waals surface area (Å²) in [6, 6.07) is 3.48. The number of hydrogen-bond acceptors (Lipinski definition) is 2. The number of benzene rings is 1. The van der Waals surface area contributed by atoms with Crippen LogP contribution in [0.3, 0.4) is 0 Å². The second kappa shape index (κ2) is 4.18. The molecule has 1 aromatic carbocycles. The van der Waals surface area contributed by atoms with Crippen molar-refractivity contribution in [3.05, 3.63) is 35.8 Å². The summed E-state index contributed by atoms with van der Waals surface area (Å²) in [5.41, 5.74) is 7.09. The first kappa shape index (κ1) is 11.6. The summed E-state index contributed by atoms with van der Waals surface area (Å²) in [5, 5.41) is 9.48. The van der Waals surface area contributed by atoms with E-state index in [0.717, 1.165) is 11.1 Å². The number of aliphatic carboxylic acids is 1. The van der Waals surface area contributed by atoms with Crippen molar-refractivity contribution in [3.8, 4) is 0 Å². The minimum absolute atomic E-state index is 0.191. The van der Waals surface area contributed by atoms with Crippen LogP contribution in [0.5, 0.6) is 0 Å². The van der Waals surface area contributed by atoms with Crippen LogP contribution in [0.25, 0.3) is 10.9 Å². The molecule has 4 nitrogen and oxygen atoms in total. The van der Waals surface area contributed by atoms with E-state index >= 15 is 0 Å². The Morgan fingerprint density at radius 3 is 2.94 bits per heavy atom. The Kier molecular flexibility index (Phi) is 2.85. The molecule has 0 radical (unpaired) electrons. The number of hydrogen-bond donors (Lipinski definition) is 2. The van der Waals surface area contributed by atoms with Crippen molar-refractivity contribution in [2.75, 3.05) is 0 Å². The number of nitrogens with two attached hydrogens (primary N) is 1. The molecule has 0 fully saturated rings. The van der Waals surface area contributed by atoms with E-state index in [4.69, 9.17) is 10.8 Å². The molecule has 0 spiro atoms. The fraction of sp³-hybridized carbons (Fsp3) is 0.250. The van der Waals surface area contributed by atoms with Crippen LogP contribution in [0.1, 0.15) is 5.56 Å². The highest BCUT2D eigenvalue weighted by Crippen LogP contribution is 2.22. The number of nitrogens with zero attached hydrogens (tertiary/aromatic N) is 1. The van der Waals surface area contributed by atoms with Gasteiger partial charge in [0.2, 0.25) is 0 Å². The van der Waals surface area contributed by atoms with Crippen molar-refractivity contribution in [2.45, 2.75) is 12.5 Å². The Morgan fingerprint density at radius 1 is 1.59 bits per heavy atom. The van der Waals surface area contributed by atoms with Crippen molar-refractivity contribution in [2.24, 2.45) is 12.8 Å². The van der Waals surface area contributed by atoms with Gasteiger partial charge < -0.3 is 15.4 Å². The second-order valence-electron chi connectivity index (χ2n) is 4.08. The minimum atomic E-state index is -1.06. The summed E-state index contributed by atoms with van der Waals surface area (Å²) >= 11 is 0. The molecule has 90 valence electrons. The largest absolute Gasteiger partial charge is 0.480 e. The first-order valence-corrected chi connectivity index (χ1v) is 5.21. The summed E-state index contributed by atoms with van der Waals surface area (Å²) in [6.07, 6.45) is 1.98. The van der Waals surface area contributed by atoms with Gasteiger partial charge in [-0.05, 0) is 23.8 Å². The maximum Gasteiger partial charge on any atom is 0.320 e. The highest BCUT2D eigenvalue weighted by atomic mass is 19.1. The van der Waals surface area contributed by atoms with Crippen molar-refractivity contribution >= 4 is 16.9 Å². The lowest BCUT2D eigenvalue weighted by molar-refractivity contribution is -0.138. The number of carboxylic acids is 1. The molecule has 2 aromatic rings. The van der Waals surface area contributed by atoms with Crippen LogP contribution in [-0.4, -0.2) is 21.7 Å². The van der Waals surface area contributed by atoms with Crippen LogP contribution in [0.2, 0.25) is 0 Å². The quantitative estimate of drug-likeness (QED) is 0.843. The van der Waals surface area contributed by atoms with Gasteiger partial charge >= 0.3 is 5.97 Å². The molecule has 0 aliphatic heterocycles. The average molecular weight is 236 g/mol. The molecule has 5 heteroatoms. The van der Waals surface area contributed by atoms with E-state index in [1.54, 1.807) is 12.3 Å². The summed E-state index contributed by atoms with van der Waals surface area (Å²) in [6.45, 7) is 0. The first-order valence-electron chi connectivity index (χ1n) is 5.21. The molecule has 0 aliphatic rings. The molecule has 17 heavy (non-hydrogen) atoms. The van der Waals surface area contributed by atoms with Gasteiger partial charge in [0.05, 0.1) is 0 Å². The van der Waals surface area contributed by atoms with Crippen LogP contribution in [-0.2, 0) is 18.3 Å². The molecule has 1 heterocycles. The topological polar surface area (TPSA) is 68.2 Å². The van der Waals surface area contributed by atoms with E-state index < -0.39 is 12.0 Å². The molecule has 1 unspecified atom stereocenters. The Hall–Kier alpha value is -1.88. The molecule has 1 atom stereocenters. The Balaban J connectivity index is 2.47. The zero-order chi connectivity index (χ0) is 12.6. The normalized spacial score (nSPS) is 12.9. The summed E-state index contributed by atoms with van der Waals surface area (Å²) in [4.78, 5) is 10.7. The molecule has 0 saturated heterocycles. The Bertz CT molecular complexity index is 577. The van der Waals surface area contributed by atoms with Crippen LogP contribution >= 0.6 is 0 Å². The summed E-state index contributed by atoms with van der Waals surface area (Å²) in [5.74, 6) is -1.40. The van der Waals surface area contributed by atoms with Gasteiger partial charge in [-0.2, -0.15) is 0 Å². The number of rotatable bonds is 3. The van der Waals surface area contributed by atoms with Crippen molar-refractivity contribution in [1.82, 2.24) is 4.57 Å². The fourth-order valence-electron chi connectivity index (χ4n) is 1.93. The summed E-state index contributed by atoms with van der Waals surface area (Å²) in [7, 11) is 1.83. The van der Waals surface area contributed by atoms with Gasteiger partial charge in [0, 0.05) is 30.6 Å². The number of carbonyl (C=O) groups is 1. The third kappa shape index (κ3) is 2.14. The SMILES string of the molecule is Cn1cc(CC(N)C(=O)O)c2cc(F)ccc21. The smallest absolute Gasteiger partial charge is 0.320 e. The zero-order valence-electron chi connectivity index (χ0n) is 9.35. The van der Waals surface area contributed by atoms with Crippen LogP contribution in [0.4, 0.5) is 4.39 Å². The van der Waals surface area contributed by atoms with Crippen molar-refractivity contribution in [1.29, 1.82) is 0 Å². The third-order valence-corrected chi connectivity index (χ3v) is 2.79. The van der Waals surface area contributed by atoms with Gasteiger partial charge in [0.1, 0.15) is 11.9 Å². The molecule has 3 N–H and O–H groups in total. The Morgan fingerprint density at radius 2 is 2.29 bits per heavy atom. The predicted octanol–water partition coefficient (Wildman–Crippen LogP) is 1.27. The van der Waals surface area contributed by atoms with Gasteiger partial charge in [-0.3, -0.25) is 4.79 Å². The first-order chi connectivity index (χ1) is 7.99. The van der Waals surface area contributed by atoms with Gasteiger partial charge in [-0.1, -0.05) is 0 Å². The number of halogens is 1. The van der Waals surface area contributed by atoms with Gasteiger partial charge in [0.25, 0.3) is 0 Å². The van der Waals surface area contributed by atoms with E-state index in [9.17, 15) is 9.18 Å². The standard InChI is InChI=1S/C12H13FN2O2/c1-15-6-7(4-10(14)12(16)17)9-5-8(13)2-3-11(9)15/h2-3,5-6,10H,4,14H2,1H3,(H,16,17). The molecule has 2 rings (SSSR count). The summed E-state index contributed by atoms with van der Waals surface area (Å²) < 4.78 is 15.0. The van der Waals surface area contributed by atoms with E-state index in [1.165, 1.54) is 12.1 Å². The fourth-order valence-corrected chi connectivity index (χ4v) is 1.93. The van der Waals surface area contributed by atoms with Crippen molar-refractivity contribution in [3.63, 3.8) is 0 Å². The zero-order valence-corrected chi connectivity index (χ0v) is 9.35. The lowest BCUT2D eigenvalue weighted by Gasteiger charge is -2.04. The average Bonchev–Trinajstić information content (AvgIpc) is 2.55. The molecular formula is C12H13FN2O2. The number of aromatic nitrogens is 1.